The van der Waals surface area contributed by atoms with Crippen molar-refractivity contribution >= 4 is 5.91 Å². The van der Waals surface area contributed by atoms with Crippen LogP contribution >= 0.6 is 0 Å². The molecule has 0 spiro atoms. The fraction of sp³-hybridized carbons (Fsp3) is 0.385. The van der Waals surface area contributed by atoms with Crippen molar-refractivity contribution in [3.63, 3.8) is 0 Å². The Morgan fingerprint density at radius 3 is 2.40 bits per heavy atom. The molecule has 3 aromatic rings. The first-order chi connectivity index (χ1) is 16.8. The number of morpholine rings is 1. The van der Waals surface area contributed by atoms with Crippen LogP contribution < -0.4 is 16.6 Å². The van der Waals surface area contributed by atoms with Gasteiger partial charge in [0.2, 0.25) is 5.69 Å². The van der Waals surface area contributed by atoms with Crippen molar-refractivity contribution in [1.29, 1.82) is 0 Å². The van der Waals surface area contributed by atoms with Crippen LogP contribution in [0.5, 0.6) is 0 Å². The minimum atomic E-state index is -0.707. The first kappa shape index (κ1) is 24.6. The highest BCUT2D eigenvalue weighted by molar-refractivity contribution is 5.91. The van der Waals surface area contributed by atoms with Gasteiger partial charge in [-0.2, -0.15) is 9.78 Å². The second-order valence-corrected chi connectivity index (χ2v) is 8.98. The van der Waals surface area contributed by atoms with Crippen molar-refractivity contribution in [2.24, 2.45) is 0 Å². The number of rotatable bonds is 7. The molecule has 0 saturated carbocycles. The number of carbonyl (C=O) groups is 1. The Bertz CT molecular complexity index is 1320. The maximum atomic E-state index is 13.4. The van der Waals surface area contributed by atoms with E-state index in [1.54, 1.807) is 0 Å². The van der Waals surface area contributed by atoms with Crippen molar-refractivity contribution in [2.45, 2.75) is 27.3 Å². The molecule has 1 N–H and O–H groups in total. The van der Waals surface area contributed by atoms with E-state index in [4.69, 9.17) is 4.74 Å². The lowest BCUT2D eigenvalue weighted by Crippen LogP contribution is -2.47. The second-order valence-electron chi connectivity index (χ2n) is 8.98. The number of hydrogen-bond donors (Lipinski definition) is 1. The van der Waals surface area contributed by atoms with Gasteiger partial charge in [-0.05, 0) is 49.6 Å². The van der Waals surface area contributed by atoms with Gasteiger partial charge in [0.25, 0.3) is 11.5 Å². The minimum Gasteiger partial charge on any atom is -0.379 e. The third kappa shape index (κ3) is 5.93. The molecule has 2 heterocycles. The van der Waals surface area contributed by atoms with Gasteiger partial charge in [0.05, 0.1) is 25.4 Å². The topological polar surface area (TPSA) is 98.5 Å². The summed E-state index contributed by atoms with van der Waals surface area (Å²) in [5.74, 6) is -0.598. The van der Waals surface area contributed by atoms with Gasteiger partial charge in [0.15, 0.2) is 0 Å². The Labute approximate surface area is 204 Å². The minimum absolute atomic E-state index is 0.0424. The van der Waals surface area contributed by atoms with E-state index in [0.717, 1.165) is 44.6 Å². The molecular weight excluding hydrogens is 446 g/mol. The molecule has 0 bridgehead atoms. The molecule has 0 unspecified atom stereocenters. The predicted molar refractivity (Wildman–Crippen MR) is 133 cm³/mol. The lowest BCUT2D eigenvalue weighted by atomic mass is 10.1. The zero-order valence-corrected chi connectivity index (χ0v) is 20.4. The van der Waals surface area contributed by atoms with Crippen LogP contribution in [0.15, 0.2) is 52.1 Å². The molecule has 4 rings (SSSR count). The summed E-state index contributed by atoms with van der Waals surface area (Å²) in [6.45, 7) is 9.77. The number of benzene rings is 2. The smallest absolute Gasteiger partial charge is 0.352 e. The van der Waals surface area contributed by atoms with Gasteiger partial charge < -0.3 is 10.1 Å². The first-order valence-electron chi connectivity index (χ1n) is 11.8. The van der Waals surface area contributed by atoms with Gasteiger partial charge in [0, 0.05) is 26.2 Å². The van der Waals surface area contributed by atoms with E-state index in [2.05, 4.69) is 15.3 Å². The summed E-state index contributed by atoms with van der Waals surface area (Å²) in [5, 5.41) is 7.03. The SMILES string of the molecule is Cc1cccc(Cn2c(=O)c(C(=O)NCCN3CCOCC3)nn(-c3cc(C)cc(C)c3)c2=O)c1. The van der Waals surface area contributed by atoms with Crippen molar-refractivity contribution in [3.05, 3.63) is 91.3 Å². The van der Waals surface area contributed by atoms with Crippen LogP contribution in [0.2, 0.25) is 0 Å². The summed E-state index contributed by atoms with van der Waals surface area (Å²) in [6.07, 6.45) is 0. The average Bonchev–Trinajstić information content (AvgIpc) is 2.82. The van der Waals surface area contributed by atoms with E-state index in [9.17, 15) is 14.4 Å². The number of aromatic nitrogens is 3. The van der Waals surface area contributed by atoms with Crippen molar-refractivity contribution in [2.75, 3.05) is 39.4 Å². The van der Waals surface area contributed by atoms with Crippen molar-refractivity contribution < 1.29 is 9.53 Å². The lowest BCUT2D eigenvalue weighted by molar-refractivity contribution is 0.0383. The third-order valence-corrected chi connectivity index (χ3v) is 5.97. The molecule has 1 aliphatic heterocycles. The molecule has 1 aliphatic rings. The molecule has 2 aromatic carbocycles. The second kappa shape index (κ2) is 10.8. The van der Waals surface area contributed by atoms with Crippen LogP contribution in [0.1, 0.15) is 32.7 Å². The fourth-order valence-corrected chi connectivity index (χ4v) is 4.27. The quantitative estimate of drug-likeness (QED) is 0.553. The van der Waals surface area contributed by atoms with Crippen LogP contribution in [-0.2, 0) is 11.3 Å². The van der Waals surface area contributed by atoms with Gasteiger partial charge in [-0.1, -0.05) is 35.9 Å². The van der Waals surface area contributed by atoms with E-state index in [1.165, 1.54) is 0 Å². The van der Waals surface area contributed by atoms with Gasteiger partial charge in [-0.25, -0.2) is 4.79 Å². The molecule has 9 heteroatoms. The summed E-state index contributed by atoms with van der Waals surface area (Å²) in [7, 11) is 0. The van der Waals surface area contributed by atoms with E-state index in [0.29, 0.717) is 32.0 Å². The molecular formula is C26H31N5O4. The maximum absolute atomic E-state index is 13.4. The zero-order chi connectivity index (χ0) is 24.9. The Balaban J connectivity index is 1.71. The van der Waals surface area contributed by atoms with Crippen molar-refractivity contribution in [3.8, 4) is 5.69 Å². The molecule has 0 radical (unpaired) electrons. The van der Waals surface area contributed by atoms with Gasteiger partial charge >= 0.3 is 5.69 Å². The van der Waals surface area contributed by atoms with Crippen LogP contribution in [-0.4, -0.2) is 64.5 Å². The predicted octanol–water partition coefficient (Wildman–Crippen LogP) is 1.43. The maximum Gasteiger partial charge on any atom is 0.352 e. The Hall–Kier alpha value is -3.56. The number of carbonyl (C=O) groups excluding carboxylic acids is 1. The summed E-state index contributed by atoms with van der Waals surface area (Å²) >= 11 is 0. The molecule has 1 fully saturated rings. The fourth-order valence-electron chi connectivity index (χ4n) is 4.27. The Morgan fingerprint density at radius 1 is 1.00 bits per heavy atom. The molecule has 184 valence electrons. The number of amides is 1. The van der Waals surface area contributed by atoms with Crippen molar-refractivity contribution in [1.82, 2.24) is 24.6 Å². The number of nitrogens with zero attached hydrogens (tertiary/aromatic N) is 4. The van der Waals surface area contributed by atoms with Gasteiger partial charge in [-0.15, -0.1) is 0 Å². The van der Waals surface area contributed by atoms with Gasteiger partial charge in [0.1, 0.15) is 0 Å². The van der Waals surface area contributed by atoms with Crippen LogP contribution in [0, 0.1) is 20.8 Å². The summed E-state index contributed by atoms with van der Waals surface area (Å²) in [5.41, 5.74) is 2.60. The normalized spacial score (nSPS) is 14.1. The average molecular weight is 478 g/mol. The lowest BCUT2D eigenvalue weighted by Gasteiger charge is -2.26. The van der Waals surface area contributed by atoms with Crippen LogP contribution in [0.3, 0.4) is 0 Å². The molecule has 35 heavy (non-hydrogen) atoms. The van der Waals surface area contributed by atoms with Crippen LogP contribution in [0.25, 0.3) is 5.69 Å². The number of aryl methyl sites for hydroxylation is 3. The van der Waals surface area contributed by atoms with Gasteiger partial charge in [-0.3, -0.25) is 19.1 Å². The molecule has 1 saturated heterocycles. The zero-order valence-electron chi connectivity index (χ0n) is 20.4. The number of hydrogen-bond acceptors (Lipinski definition) is 6. The van der Waals surface area contributed by atoms with E-state index < -0.39 is 17.2 Å². The van der Waals surface area contributed by atoms with E-state index >= 15 is 0 Å². The Morgan fingerprint density at radius 2 is 1.71 bits per heavy atom. The highest BCUT2D eigenvalue weighted by atomic mass is 16.5. The summed E-state index contributed by atoms with van der Waals surface area (Å²) in [6, 6.07) is 13.2. The highest BCUT2D eigenvalue weighted by Crippen LogP contribution is 2.11. The van der Waals surface area contributed by atoms with E-state index in [-0.39, 0.29) is 12.2 Å². The first-order valence-corrected chi connectivity index (χ1v) is 11.8. The monoisotopic (exact) mass is 477 g/mol. The molecule has 1 aromatic heterocycles. The summed E-state index contributed by atoms with van der Waals surface area (Å²) < 4.78 is 7.58. The molecule has 0 atom stereocenters. The number of ether oxygens (including phenoxy) is 1. The molecule has 0 aliphatic carbocycles. The van der Waals surface area contributed by atoms with Crippen LogP contribution in [0.4, 0.5) is 0 Å². The standard InChI is InChI=1S/C26H31N5O4/c1-18-5-4-6-21(14-18)17-30-25(33)23(24(32)27-7-8-29-9-11-35-12-10-29)28-31(26(30)34)22-15-19(2)13-20(3)16-22/h4-6,13-16H,7-12,17H2,1-3H3,(H,27,32). The molecule has 1 amide bonds. The number of nitrogens with one attached hydrogen (secondary N) is 1. The van der Waals surface area contributed by atoms with E-state index in [1.807, 2.05) is 63.2 Å². The summed E-state index contributed by atoms with van der Waals surface area (Å²) in [4.78, 5) is 41.9. The molecule has 9 nitrogen and oxygen atoms in total. The third-order valence-electron chi connectivity index (χ3n) is 5.97. The largest absolute Gasteiger partial charge is 0.379 e. The highest BCUT2D eigenvalue weighted by Gasteiger charge is 2.21. The Kier molecular flexibility index (Phi) is 7.57.